The van der Waals surface area contributed by atoms with E-state index >= 15 is 0 Å². The van der Waals surface area contributed by atoms with Crippen molar-refractivity contribution >= 4 is 39.1 Å². The van der Waals surface area contributed by atoms with Gasteiger partial charge in [0.25, 0.3) is 0 Å². The lowest BCUT2D eigenvalue weighted by atomic mass is 10.1. The van der Waals surface area contributed by atoms with Gasteiger partial charge in [0.2, 0.25) is 5.91 Å². The molecular formula is C16H14BrClFNO. The number of anilines is 1. The Bertz CT molecular complexity index is 652. The third-order valence-electron chi connectivity index (χ3n) is 2.99. The molecule has 0 aliphatic rings. The molecule has 2 nitrogen and oxygen atoms in total. The minimum Gasteiger partial charge on any atom is -0.324 e. The molecule has 1 N–H and O–H groups in total. The average Bonchev–Trinajstić information content (AvgIpc) is 2.40. The van der Waals surface area contributed by atoms with Crippen LogP contribution in [0.4, 0.5) is 10.1 Å². The minimum absolute atomic E-state index is 0.161. The highest BCUT2D eigenvalue weighted by Crippen LogP contribution is 2.31. The SMILES string of the molecule is Cc1cccc(CCC(=O)Nc2c(Cl)cc(F)cc2Br)c1. The second-order valence-electron chi connectivity index (χ2n) is 4.78. The van der Waals surface area contributed by atoms with Crippen LogP contribution in [0.2, 0.25) is 5.02 Å². The van der Waals surface area contributed by atoms with Gasteiger partial charge in [0.05, 0.1) is 10.7 Å². The molecular weight excluding hydrogens is 357 g/mol. The van der Waals surface area contributed by atoms with Gasteiger partial charge in [-0.05, 0) is 47.0 Å². The zero-order chi connectivity index (χ0) is 15.4. The fourth-order valence-electron chi connectivity index (χ4n) is 1.99. The van der Waals surface area contributed by atoms with Crippen LogP contribution in [0.1, 0.15) is 17.5 Å². The highest BCUT2D eigenvalue weighted by molar-refractivity contribution is 9.10. The van der Waals surface area contributed by atoms with Crippen LogP contribution < -0.4 is 5.32 Å². The first-order valence-corrected chi connectivity index (χ1v) is 7.63. The van der Waals surface area contributed by atoms with Crippen molar-refractivity contribution in [2.24, 2.45) is 0 Å². The number of aryl methyl sites for hydroxylation is 2. The molecule has 1 amide bonds. The van der Waals surface area contributed by atoms with Crippen LogP contribution in [-0.2, 0) is 11.2 Å². The van der Waals surface area contributed by atoms with Crippen LogP contribution in [0.25, 0.3) is 0 Å². The lowest BCUT2D eigenvalue weighted by Crippen LogP contribution is -2.13. The molecule has 0 unspecified atom stereocenters. The molecule has 2 rings (SSSR count). The van der Waals surface area contributed by atoms with Crippen molar-refractivity contribution in [2.45, 2.75) is 19.8 Å². The van der Waals surface area contributed by atoms with Crippen molar-refractivity contribution in [2.75, 3.05) is 5.32 Å². The first-order chi connectivity index (χ1) is 9.95. The van der Waals surface area contributed by atoms with Gasteiger partial charge in [-0.2, -0.15) is 0 Å². The minimum atomic E-state index is -0.454. The van der Waals surface area contributed by atoms with Crippen LogP contribution in [0.3, 0.4) is 0 Å². The van der Waals surface area contributed by atoms with Crippen LogP contribution in [0.5, 0.6) is 0 Å². The zero-order valence-electron chi connectivity index (χ0n) is 11.4. The van der Waals surface area contributed by atoms with E-state index in [1.54, 1.807) is 0 Å². The third-order valence-corrected chi connectivity index (χ3v) is 3.92. The number of carbonyl (C=O) groups is 1. The number of carbonyl (C=O) groups excluding carboxylic acids is 1. The van der Waals surface area contributed by atoms with Gasteiger partial charge in [-0.3, -0.25) is 4.79 Å². The molecule has 0 radical (unpaired) electrons. The third kappa shape index (κ3) is 4.55. The Morgan fingerprint density at radius 1 is 1.33 bits per heavy atom. The van der Waals surface area contributed by atoms with E-state index in [1.165, 1.54) is 12.1 Å². The molecule has 0 aromatic heterocycles. The van der Waals surface area contributed by atoms with Gasteiger partial charge < -0.3 is 5.32 Å². The van der Waals surface area contributed by atoms with Crippen molar-refractivity contribution in [3.05, 3.63) is 62.8 Å². The molecule has 2 aromatic carbocycles. The van der Waals surface area contributed by atoms with E-state index in [9.17, 15) is 9.18 Å². The number of rotatable bonds is 4. The summed E-state index contributed by atoms with van der Waals surface area (Å²) in [6.07, 6.45) is 0.980. The smallest absolute Gasteiger partial charge is 0.224 e. The van der Waals surface area contributed by atoms with E-state index in [0.717, 1.165) is 11.1 Å². The monoisotopic (exact) mass is 369 g/mol. The predicted molar refractivity (Wildman–Crippen MR) is 87.2 cm³/mol. The molecule has 0 bridgehead atoms. The van der Waals surface area contributed by atoms with Gasteiger partial charge in [0.1, 0.15) is 5.82 Å². The van der Waals surface area contributed by atoms with E-state index in [2.05, 4.69) is 21.2 Å². The molecule has 0 atom stereocenters. The molecule has 0 aliphatic heterocycles. The molecule has 0 heterocycles. The first-order valence-electron chi connectivity index (χ1n) is 6.45. The lowest BCUT2D eigenvalue weighted by Gasteiger charge is -2.10. The normalized spacial score (nSPS) is 10.5. The quantitative estimate of drug-likeness (QED) is 0.795. The van der Waals surface area contributed by atoms with E-state index in [4.69, 9.17) is 11.6 Å². The highest BCUT2D eigenvalue weighted by atomic mass is 79.9. The summed E-state index contributed by atoms with van der Waals surface area (Å²) in [5.41, 5.74) is 2.67. The number of benzene rings is 2. The Hall–Kier alpha value is -1.39. The Labute approximate surface area is 136 Å². The second kappa shape index (κ2) is 7.05. The number of amides is 1. The number of hydrogen-bond donors (Lipinski definition) is 1. The predicted octanol–water partition coefficient (Wildman–Crippen LogP) is 5.12. The van der Waals surface area contributed by atoms with Gasteiger partial charge in [0, 0.05) is 10.9 Å². The second-order valence-corrected chi connectivity index (χ2v) is 6.04. The maximum absolute atomic E-state index is 13.1. The van der Waals surface area contributed by atoms with E-state index in [0.29, 0.717) is 23.0 Å². The van der Waals surface area contributed by atoms with E-state index in [-0.39, 0.29) is 10.9 Å². The Morgan fingerprint density at radius 2 is 2.10 bits per heavy atom. The van der Waals surface area contributed by atoms with Crippen molar-refractivity contribution in [3.8, 4) is 0 Å². The summed E-state index contributed by atoms with van der Waals surface area (Å²) in [5, 5.41) is 2.88. The van der Waals surface area contributed by atoms with Crippen LogP contribution >= 0.6 is 27.5 Å². The van der Waals surface area contributed by atoms with Crippen molar-refractivity contribution in [1.82, 2.24) is 0 Å². The molecule has 0 saturated carbocycles. The van der Waals surface area contributed by atoms with Gasteiger partial charge in [-0.15, -0.1) is 0 Å². The van der Waals surface area contributed by atoms with Gasteiger partial charge in [0.15, 0.2) is 0 Å². The fourth-order valence-corrected chi connectivity index (χ4v) is 2.89. The molecule has 0 aliphatic carbocycles. The summed E-state index contributed by atoms with van der Waals surface area (Å²) < 4.78 is 13.6. The van der Waals surface area contributed by atoms with Crippen LogP contribution in [0.15, 0.2) is 40.9 Å². The largest absolute Gasteiger partial charge is 0.324 e. The topological polar surface area (TPSA) is 29.1 Å². The van der Waals surface area contributed by atoms with E-state index < -0.39 is 5.82 Å². The van der Waals surface area contributed by atoms with Gasteiger partial charge in [-0.1, -0.05) is 41.4 Å². The number of halogens is 3. The molecule has 0 saturated heterocycles. The maximum Gasteiger partial charge on any atom is 0.224 e. The Kier molecular flexibility index (Phi) is 5.37. The molecule has 2 aromatic rings. The Balaban J connectivity index is 1.99. The van der Waals surface area contributed by atoms with Gasteiger partial charge in [-0.25, -0.2) is 4.39 Å². The first kappa shape index (κ1) is 16.0. The standard InChI is InChI=1S/C16H14BrClFNO/c1-10-3-2-4-11(7-10)5-6-15(21)20-16-13(17)8-12(19)9-14(16)18/h2-4,7-9H,5-6H2,1H3,(H,20,21). The molecule has 5 heteroatoms. The van der Waals surface area contributed by atoms with E-state index in [1.807, 2.05) is 31.2 Å². The number of hydrogen-bond acceptors (Lipinski definition) is 1. The summed E-state index contributed by atoms with van der Waals surface area (Å²) >= 11 is 9.12. The fraction of sp³-hybridized carbons (Fsp3) is 0.188. The summed E-state index contributed by atoms with van der Waals surface area (Å²) in [7, 11) is 0. The van der Waals surface area contributed by atoms with Crippen LogP contribution in [-0.4, -0.2) is 5.91 Å². The van der Waals surface area contributed by atoms with Crippen LogP contribution in [0, 0.1) is 12.7 Å². The molecule has 0 spiro atoms. The van der Waals surface area contributed by atoms with Crippen molar-refractivity contribution in [1.29, 1.82) is 0 Å². The van der Waals surface area contributed by atoms with Crippen molar-refractivity contribution in [3.63, 3.8) is 0 Å². The molecule has 110 valence electrons. The van der Waals surface area contributed by atoms with Crippen molar-refractivity contribution < 1.29 is 9.18 Å². The maximum atomic E-state index is 13.1. The summed E-state index contributed by atoms with van der Waals surface area (Å²) in [6.45, 7) is 2.01. The molecule has 0 fully saturated rings. The lowest BCUT2D eigenvalue weighted by molar-refractivity contribution is -0.116. The van der Waals surface area contributed by atoms with Gasteiger partial charge >= 0.3 is 0 Å². The highest BCUT2D eigenvalue weighted by Gasteiger charge is 2.11. The zero-order valence-corrected chi connectivity index (χ0v) is 13.8. The number of nitrogens with one attached hydrogen (secondary N) is 1. The summed E-state index contributed by atoms with van der Waals surface area (Å²) in [6, 6.07) is 10.5. The summed E-state index contributed by atoms with van der Waals surface area (Å²) in [5.74, 6) is -0.615. The molecule has 21 heavy (non-hydrogen) atoms. The average molecular weight is 371 g/mol. The Morgan fingerprint density at radius 3 is 2.76 bits per heavy atom. The summed E-state index contributed by atoms with van der Waals surface area (Å²) in [4.78, 5) is 12.0.